The predicted octanol–water partition coefficient (Wildman–Crippen LogP) is 3.07. The number of nitrogens with zero attached hydrogens (tertiary/aromatic N) is 1. The van der Waals surface area contributed by atoms with Gasteiger partial charge in [-0.15, -0.1) is 0 Å². The van der Waals surface area contributed by atoms with Crippen LogP contribution in [0.5, 0.6) is 0 Å². The Balaban J connectivity index is 1.79. The van der Waals surface area contributed by atoms with Gasteiger partial charge in [0.05, 0.1) is 19.3 Å². The number of nitrogens with two attached hydrogens (primary N) is 1. The maximum Gasteiger partial charge on any atom is 0.410 e. The van der Waals surface area contributed by atoms with Crippen LogP contribution in [-0.2, 0) is 20.8 Å². The minimum absolute atomic E-state index is 0.0876. The van der Waals surface area contributed by atoms with E-state index in [1.54, 1.807) is 4.90 Å². The number of allylic oxidation sites excluding steroid dienone is 1. The molecule has 0 bridgehead atoms. The van der Waals surface area contributed by atoms with Crippen LogP contribution in [0, 0.1) is 5.92 Å². The number of hydrogen-bond donors (Lipinski definition) is 1. The summed E-state index contributed by atoms with van der Waals surface area (Å²) in [6.45, 7) is 5.88. The number of carbonyl (C=O) groups excluding carboxylic acids is 1. The van der Waals surface area contributed by atoms with E-state index in [0.29, 0.717) is 26.2 Å². The summed E-state index contributed by atoms with van der Waals surface area (Å²) >= 11 is 0. The van der Waals surface area contributed by atoms with Gasteiger partial charge in [-0.1, -0.05) is 42.5 Å². The highest BCUT2D eigenvalue weighted by atomic mass is 16.7. The molecule has 0 saturated carbocycles. The van der Waals surface area contributed by atoms with Crippen LogP contribution < -0.4 is 5.73 Å². The van der Waals surface area contributed by atoms with E-state index in [2.05, 4.69) is 0 Å². The van der Waals surface area contributed by atoms with E-state index < -0.39 is 5.79 Å². The van der Waals surface area contributed by atoms with Crippen LogP contribution in [0.4, 0.5) is 4.79 Å². The first-order chi connectivity index (χ1) is 13.1. The van der Waals surface area contributed by atoms with Gasteiger partial charge in [0, 0.05) is 24.9 Å². The molecule has 6 heteroatoms. The van der Waals surface area contributed by atoms with E-state index in [1.165, 1.54) is 0 Å². The zero-order valence-corrected chi connectivity index (χ0v) is 16.2. The summed E-state index contributed by atoms with van der Waals surface area (Å²) in [7, 11) is 0. The molecule has 1 amide bonds. The summed E-state index contributed by atoms with van der Waals surface area (Å²) < 4.78 is 17.8. The third-order valence-corrected chi connectivity index (χ3v) is 5.39. The molecular formula is C21H30N2O4. The standard InChI is InChI=1S/C21H30N2O4/c1-3-8-19-18(14-22)21(26-11-7-12-27-21)13-16(2)23(19)20(24)25-15-17-9-5-4-6-10-17/h3-6,8-10,16,18-19H,7,11-15,22H2,1-2H3/b8-3+/t16-,18+,19+/m1/s1. The van der Waals surface area contributed by atoms with Crippen molar-refractivity contribution in [1.29, 1.82) is 0 Å². The van der Waals surface area contributed by atoms with Crippen LogP contribution in [-0.4, -0.2) is 48.6 Å². The first-order valence-corrected chi connectivity index (χ1v) is 9.71. The molecule has 0 aliphatic carbocycles. The molecule has 2 heterocycles. The van der Waals surface area contributed by atoms with Gasteiger partial charge in [0.1, 0.15) is 6.61 Å². The fourth-order valence-corrected chi connectivity index (χ4v) is 4.17. The zero-order chi connectivity index (χ0) is 19.3. The average molecular weight is 374 g/mol. The van der Waals surface area contributed by atoms with Crippen LogP contribution in [0.1, 0.15) is 32.3 Å². The first kappa shape index (κ1) is 19.9. The van der Waals surface area contributed by atoms with Crippen molar-refractivity contribution in [2.75, 3.05) is 19.8 Å². The Kier molecular flexibility index (Phi) is 6.52. The number of amides is 1. The Morgan fingerprint density at radius 2 is 2.04 bits per heavy atom. The van der Waals surface area contributed by atoms with Gasteiger partial charge < -0.3 is 19.9 Å². The smallest absolute Gasteiger partial charge is 0.410 e. The molecule has 2 N–H and O–H groups in total. The molecule has 0 radical (unpaired) electrons. The van der Waals surface area contributed by atoms with Crippen molar-refractivity contribution in [2.24, 2.45) is 11.7 Å². The molecule has 6 nitrogen and oxygen atoms in total. The van der Waals surface area contributed by atoms with Crippen LogP contribution in [0.2, 0.25) is 0 Å². The van der Waals surface area contributed by atoms with Gasteiger partial charge in [-0.3, -0.25) is 4.90 Å². The Bertz CT molecular complexity index is 643. The van der Waals surface area contributed by atoms with Gasteiger partial charge in [0.15, 0.2) is 5.79 Å². The van der Waals surface area contributed by atoms with Crippen LogP contribution in [0.15, 0.2) is 42.5 Å². The largest absolute Gasteiger partial charge is 0.445 e. The van der Waals surface area contributed by atoms with Gasteiger partial charge in [0.25, 0.3) is 0 Å². The number of hydrogen-bond acceptors (Lipinski definition) is 5. The first-order valence-electron chi connectivity index (χ1n) is 9.71. The number of carbonyl (C=O) groups is 1. The summed E-state index contributed by atoms with van der Waals surface area (Å²) in [5.41, 5.74) is 7.09. The highest BCUT2D eigenvalue weighted by Gasteiger charge is 2.54. The Morgan fingerprint density at radius 1 is 1.33 bits per heavy atom. The maximum atomic E-state index is 12.9. The second-order valence-electron chi connectivity index (χ2n) is 7.22. The van der Waals surface area contributed by atoms with E-state index in [1.807, 2.05) is 56.3 Å². The fourth-order valence-electron chi connectivity index (χ4n) is 4.17. The number of benzene rings is 1. The Hall–Kier alpha value is -1.89. The zero-order valence-electron chi connectivity index (χ0n) is 16.2. The van der Waals surface area contributed by atoms with Crippen molar-refractivity contribution in [3.05, 3.63) is 48.0 Å². The maximum absolute atomic E-state index is 12.9. The molecule has 2 saturated heterocycles. The molecule has 0 unspecified atom stereocenters. The second-order valence-corrected chi connectivity index (χ2v) is 7.22. The lowest BCUT2D eigenvalue weighted by atomic mass is 9.79. The molecule has 27 heavy (non-hydrogen) atoms. The topological polar surface area (TPSA) is 74.0 Å². The van der Waals surface area contributed by atoms with Crippen molar-refractivity contribution < 1.29 is 19.0 Å². The summed E-state index contributed by atoms with van der Waals surface area (Å²) in [5, 5.41) is 0. The van der Waals surface area contributed by atoms with Gasteiger partial charge >= 0.3 is 6.09 Å². The minimum atomic E-state index is -0.729. The van der Waals surface area contributed by atoms with Crippen LogP contribution in [0.25, 0.3) is 0 Å². The molecule has 2 fully saturated rings. The van der Waals surface area contributed by atoms with Gasteiger partial charge in [0.2, 0.25) is 0 Å². The number of rotatable bonds is 4. The van der Waals surface area contributed by atoms with Gasteiger partial charge in [-0.2, -0.15) is 0 Å². The number of likely N-dealkylation sites (tertiary alicyclic amines) is 1. The van der Waals surface area contributed by atoms with E-state index in [-0.39, 0.29) is 30.7 Å². The van der Waals surface area contributed by atoms with Crippen molar-refractivity contribution in [1.82, 2.24) is 4.90 Å². The third-order valence-electron chi connectivity index (χ3n) is 5.39. The van der Waals surface area contributed by atoms with Crippen LogP contribution in [0.3, 0.4) is 0 Å². The van der Waals surface area contributed by atoms with E-state index in [9.17, 15) is 4.79 Å². The summed E-state index contributed by atoms with van der Waals surface area (Å²) in [4.78, 5) is 14.7. The number of piperidine rings is 1. The lowest BCUT2D eigenvalue weighted by molar-refractivity contribution is -0.317. The highest BCUT2D eigenvalue weighted by molar-refractivity contribution is 5.69. The lowest BCUT2D eigenvalue weighted by Gasteiger charge is -2.54. The van der Waals surface area contributed by atoms with Gasteiger partial charge in [-0.05, 0) is 25.8 Å². The molecule has 1 spiro atoms. The Labute approximate surface area is 161 Å². The molecule has 2 aliphatic heterocycles. The van der Waals surface area contributed by atoms with E-state index in [0.717, 1.165) is 12.0 Å². The molecule has 148 valence electrons. The second kappa shape index (κ2) is 8.87. The molecule has 3 rings (SSSR count). The molecule has 3 atom stereocenters. The van der Waals surface area contributed by atoms with E-state index in [4.69, 9.17) is 19.9 Å². The average Bonchev–Trinajstić information content (AvgIpc) is 2.68. The SMILES string of the molecule is C/C=C/[C@H]1[C@H](CN)C2(C[C@@H](C)N1C(=O)OCc1ccccc1)OCCCO2. The lowest BCUT2D eigenvalue weighted by Crippen LogP contribution is -2.66. The molecule has 1 aromatic rings. The van der Waals surface area contributed by atoms with Gasteiger partial charge in [-0.25, -0.2) is 4.79 Å². The molecule has 1 aromatic carbocycles. The minimum Gasteiger partial charge on any atom is -0.445 e. The Morgan fingerprint density at radius 3 is 2.67 bits per heavy atom. The highest BCUT2D eigenvalue weighted by Crippen LogP contribution is 2.42. The van der Waals surface area contributed by atoms with Crippen molar-refractivity contribution in [3.8, 4) is 0 Å². The fraction of sp³-hybridized carbons (Fsp3) is 0.571. The monoisotopic (exact) mass is 374 g/mol. The summed E-state index contributed by atoms with van der Waals surface area (Å²) in [6, 6.07) is 9.37. The van der Waals surface area contributed by atoms with Crippen molar-refractivity contribution in [2.45, 2.75) is 51.2 Å². The van der Waals surface area contributed by atoms with E-state index >= 15 is 0 Å². The van der Waals surface area contributed by atoms with Crippen LogP contribution >= 0.6 is 0 Å². The normalized spacial score (nSPS) is 27.8. The third kappa shape index (κ3) is 4.18. The molecule has 0 aromatic heterocycles. The molecule has 2 aliphatic rings. The summed E-state index contributed by atoms with van der Waals surface area (Å²) in [6.07, 6.45) is 5.08. The number of ether oxygens (including phenoxy) is 3. The summed E-state index contributed by atoms with van der Waals surface area (Å²) in [5.74, 6) is -0.873. The quantitative estimate of drug-likeness (QED) is 0.820. The predicted molar refractivity (Wildman–Crippen MR) is 103 cm³/mol. The van der Waals surface area contributed by atoms with Crippen molar-refractivity contribution >= 4 is 6.09 Å². The van der Waals surface area contributed by atoms with Crippen molar-refractivity contribution in [3.63, 3.8) is 0 Å². The molecular weight excluding hydrogens is 344 g/mol.